The van der Waals surface area contributed by atoms with Crippen molar-refractivity contribution in [3.8, 4) is 0 Å². The molecule has 0 aliphatic heterocycles. The normalized spacial score (nSPS) is 11.4. The van der Waals surface area contributed by atoms with E-state index < -0.39 is 25.2 Å². The minimum Gasteiger partial charge on any atom is -0.395 e. The SMILES string of the molecule is O=C(CCc1ccccc1Cl)N(CCO)CC(F)(F)F. The number of carbonyl (C=O) groups excluding carboxylic acids is 1. The van der Waals surface area contributed by atoms with E-state index in [4.69, 9.17) is 16.7 Å². The van der Waals surface area contributed by atoms with Crippen LogP contribution in [0.15, 0.2) is 24.3 Å². The van der Waals surface area contributed by atoms with Crippen LogP contribution in [0.5, 0.6) is 0 Å². The molecule has 3 nitrogen and oxygen atoms in total. The fourth-order valence-electron chi connectivity index (χ4n) is 1.73. The highest BCUT2D eigenvalue weighted by Gasteiger charge is 2.32. The van der Waals surface area contributed by atoms with Gasteiger partial charge in [-0.3, -0.25) is 4.79 Å². The molecular weight excluding hydrogens is 295 g/mol. The minimum absolute atomic E-state index is 0.0835. The van der Waals surface area contributed by atoms with Crippen LogP contribution in [-0.2, 0) is 11.2 Å². The average Bonchev–Trinajstić information content (AvgIpc) is 2.35. The van der Waals surface area contributed by atoms with E-state index in [1.165, 1.54) is 0 Å². The average molecular weight is 310 g/mol. The van der Waals surface area contributed by atoms with Crippen molar-refractivity contribution < 1.29 is 23.1 Å². The number of amides is 1. The molecule has 0 atom stereocenters. The van der Waals surface area contributed by atoms with Crippen LogP contribution < -0.4 is 0 Å². The first-order valence-corrected chi connectivity index (χ1v) is 6.40. The number of aliphatic hydroxyl groups excluding tert-OH is 1. The van der Waals surface area contributed by atoms with Gasteiger partial charge in [0.15, 0.2) is 0 Å². The monoisotopic (exact) mass is 309 g/mol. The maximum atomic E-state index is 12.3. The summed E-state index contributed by atoms with van der Waals surface area (Å²) >= 11 is 5.91. The molecule has 0 unspecified atom stereocenters. The van der Waals surface area contributed by atoms with Crippen LogP contribution in [0.25, 0.3) is 0 Å². The molecule has 0 aliphatic carbocycles. The van der Waals surface area contributed by atoms with E-state index in [0.717, 1.165) is 0 Å². The van der Waals surface area contributed by atoms with Crippen LogP contribution in [0.2, 0.25) is 5.02 Å². The maximum absolute atomic E-state index is 12.3. The summed E-state index contributed by atoms with van der Waals surface area (Å²) in [6, 6.07) is 6.85. The molecule has 0 aliphatic rings. The van der Waals surface area contributed by atoms with Gasteiger partial charge in [-0.15, -0.1) is 0 Å². The number of aliphatic hydroxyl groups is 1. The highest BCUT2D eigenvalue weighted by atomic mass is 35.5. The summed E-state index contributed by atoms with van der Waals surface area (Å²) in [5, 5.41) is 9.21. The minimum atomic E-state index is -4.48. The smallest absolute Gasteiger partial charge is 0.395 e. The number of nitrogens with zero attached hydrogens (tertiary/aromatic N) is 1. The molecule has 0 radical (unpaired) electrons. The quantitative estimate of drug-likeness (QED) is 0.877. The molecule has 1 rings (SSSR count). The highest BCUT2D eigenvalue weighted by molar-refractivity contribution is 6.31. The van der Waals surface area contributed by atoms with Gasteiger partial charge >= 0.3 is 6.18 Å². The summed E-state index contributed by atoms with van der Waals surface area (Å²) in [6.45, 7) is -2.19. The molecule has 0 spiro atoms. The van der Waals surface area contributed by atoms with Crippen molar-refractivity contribution in [1.82, 2.24) is 4.90 Å². The molecule has 0 heterocycles. The Balaban J connectivity index is 2.60. The Morgan fingerprint density at radius 2 is 1.95 bits per heavy atom. The van der Waals surface area contributed by atoms with E-state index in [-0.39, 0.29) is 19.4 Å². The maximum Gasteiger partial charge on any atom is 0.406 e. The van der Waals surface area contributed by atoms with E-state index in [1.807, 2.05) is 0 Å². The molecule has 1 aromatic rings. The van der Waals surface area contributed by atoms with Gasteiger partial charge in [0.2, 0.25) is 5.91 Å². The van der Waals surface area contributed by atoms with Crippen molar-refractivity contribution in [3.05, 3.63) is 34.9 Å². The zero-order chi connectivity index (χ0) is 15.2. The Hall–Kier alpha value is -1.27. The van der Waals surface area contributed by atoms with Gasteiger partial charge in [0.1, 0.15) is 6.54 Å². The number of hydrogen-bond donors (Lipinski definition) is 1. The van der Waals surface area contributed by atoms with Crippen molar-refractivity contribution >= 4 is 17.5 Å². The number of rotatable bonds is 6. The third-order valence-electron chi connectivity index (χ3n) is 2.66. The van der Waals surface area contributed by atoms with E-state index in [9.17, 15) is 18.0 Å². The van der Waals surface area contributed by atoms with Gasteiger partial charge in [-0.25, -0.2) is 0 Å². The van der Waals surface area contributed by atoms with Crippen molar-refractivity contribution in [2.45, 2.75) is 19.0 Å². The van der Waals surface area contributed by atoms with Crippen LogP contribution in [0.3, 0.4) is 0 Å². The summed E-state index contributed by atoms with van der Waals surface area (Å²) < 4.78 is 37.0. The van der Waals surface area contributed by atoms with Crippen LogP contribution >= 0.6 is 11.6 Å². The Kier molecular flexibility index (Phi) is 6.29. The summed E-state index contributed by atoms with van der Waals surface area (Å²) in [5.74, 6) is -0.656. The van der Waals surface area contributed by atoms with Gasteiger partial charge in [0.25, 0.3) is 0 Å². The largest absolute Gasteiger partial charge is 0.406 e. The van der Waals surface area contributed by atoms with Crippen LogP contribution in [0, 0.1) is 0 Å². The second kappa shape index (κ2) is 7.50. The molecule has 1 aromatic carbocycles. The Bertz CT molecular complexity index is 451. The Morgan fingerprint density at radius 3 is 2.50 bits per heavy atom. The number of alkyl halides is 3. The van der Waals surface area contributed by atoms with E-state index in [0.29, 0.717) is 15.5 Å². The molecule has 7 heteroatoms. The topological polar surface area (TPSA) is 40.5 Å². The zero-order valence-corrected chi connectivity index (χ0v) is 11.4. The number of benzene rings is 1. The van der Waals surface area contributed by atoms with Crippen molar-refractivity contribution in [2.75, 3.05) is 19.7 Å². The van der Waals surface area contributed by atoms with Gasteiger partial charge < -0.3 is 10.0 Å². The second-order valence-electron chi connectivity index (χ2n) is 4.25. The summed E-state index contributed by atoms with van der Waals surface area (Å²) in [4.78, 5) is 12.4. The molecule has 20 heavy (non-hydrogen) atoms. The standard InChI is InChI=1S/C13H15ClF3NO2/c14-11-4-2-1-3-10(11)5-6-12(20)18(7-8-19)9-13(15,16)17/h1-4,19H,5-9H2. The lowest BCUT2D eigenvalue weighted by atomic mass is 10.1. The first-order chi connectivity index (χ1) is 9.33. The Morgan fingerprint density at radius 1 is 1.30 bits per heavy atom. The van der Waals surface area contributed by atoms with E-state index >= 15 is 0 Å². The third-order valence-corrected chi connectivity index (χ3v) is 3.03. The lowest BCUT2D eigenvalue weighted by Crippen LogP contribution is -2.40. The lowest BCUT2D eigenvalue weighted by molar-refractivity contribution is -0.162. The summed E-state index contributed by atoms with van der Waals surface area (Å²) in [6.07, 6.45) is -4.30. The predicted molar refractivity (Wildman–Crippen MR) is 69.5 cm³/mol. The van der Waals surface area contributed by atoms with Crippen molar-refractivity contribution in [1.29, 1.82) is 0 Å². The second-order valence-corrected chi connectivity index (χ2v) is 4.65. The number of aryl methyl sites for hydroxylation is 1. The fourth-order valence-corrected chi connectivity index (χ4v) is 1.96. The highest BCUT2D eigenvalue weighted by Crippen LogP contribution is 2.19. The number of hydrogen-bond acceptors (Lipinski definition) is 2. The van der Waals surface area contributed by atoms with Gasteiger partial charge in [-0.2, -0.15) is 13.2 Å². The van der Waals surface area contributed by atoms with Crippen LogP contribution in [0.1, 0.15) is 12.0 Å². The van der Waals surface area contributed by atoms with Crippen molar-refractivity contribution in [2.24, 2.45) is 0 Å². The molecule has 1 amide bonds. The van der Waals surface area contributed by atoms with Crippen LogP contribution in [0.4, 0.5) is 13.2 Å². The molecule has 0 fully saturated rings. The predicted octanol–water partition coefficient (Wildman–Crippen LogP) is 2.66. The molecule has 0 bridgehead atoms. The molecular formula is C13H15ClF3NO2. The number of carbonyl (C=O) groups is 1. The zero-order valence-electron chi connectivity index (χ0n) is 10.7. The molecule has 112 valence electrons. The molecule has 1 N–H and O–H groups in total. The third kappa shape index (κ3) is 5.79. The van der Waals surface area contributed by atoms with Gasteiger partial charge in [0.05, 0.1) is 6.61 Å². The molecule has 0 saturated carbocycles. The first kappa shape index (κ1) is 16.8. The van der Waals surface area contributed by atoms with E-state index in [1.54, 1.807) is 24.3 Å². The van der Waals surface area contributed by atoms with Gasteiger partial charge in [-0.1, -0.05) is 29.8 Å². The number of halogens is 4. The van der Waals surface area contributed by atoms with E-state index in [2.05, 4.69) is 0 Å². The first-order valence-electron chi connectivity index (χ1n) is 6.02. The lowest BCUT2D eigenvalue weighted by Gasteiger charge is -2.23. The van der Waals surface area contributed by atoms with Gasteiger partial charge in [0, 0.05) is 18.0 Å². The fraction of sp³-hybridized carbons (Fsp3) is 0.462. The molecule has 0 aromatic heterocycles. The molecule has 0 saturated heterocycles. The summed E-state index contributed by atoms with van der Waals surface area (Å²) in [7, 11) is 0. The van der Waals surface area contributed by atoms with Crippen molar-refractivity contribution in [3.63, 3.8) is 0 Å². The summed E-state index contributed by atoms with van der Waals surface area (Å²) in [5.41, 5.74) is 0.707. The van der Waals surface area contributed by atoms with Gasteiger partial charge in [-0.05, 0) is 18.1 Å². The Labute approximate surface area is 120 Å². The van der Waals surface area contributed by atoms with Crippen LogP contribution in [-0.4, -0.2) is 41.8 Å².